The molecule has 0 radical (unpaired) electrons. The lowest BCUT2D eigenvalue weighted by Crippen LogP contribution is -2.40. The maximum atomic E-state index is 2.75. The van der Waals surface area contributed by atoms with Gasteiger partial charge in [-0.1, -0.05) is 19.8 Å². The summed E-state index contributed by atoms with van der Waals surface area (Å²) in [5.74, 6) is 1.93. The molecule has 0 N–H and O–H groups in total. The zero-order chi connectivity index (χ0) is 15.2. The third-order valence-electron chi connectivity index (χ3n) is 5.93. The minimum atomic E-state index is 0.743. The molecular formula is C19H38N2. The van der Waals surface area contributed by atoms with E-state index >= 15 is 0 Å². The molecule has 21 heavy (non-hydrogen) atoms. The van der Waals surface area contributed by atoms with E-state index in [1.165, 1.54) is 71.1 Å². The van der Waals surface area contributed by atoms with Gasteiger partial charge in [0, 0.05) is 18.6 Å². The molecule has 2 fully saturated rings. The quantitative estimate of drug-likeness (QED) is 0.716. The molecule has 0 aromatic rings. The van der Waals surface area contributed by atoms with E-state index in [0.717, 1.165) is 23.9 Å². The number of hydrogen-bond donors (Lipinski definition) is 0. The Labute approximate surface area is 133 Å². The van der Waals surface area contributed by atoms with E-state index < -0.39 is 0 Å². The van der Waals surface area contributed by atoms with E-state index in [-0.39, 0.29) is 0 Å². The minimum absolute atomic E-state index is 0.743. The highest BCUT2D eigenvalue weighted by Gasteiger charge is 2.23. The van der Waals surface area contributed by atoms with Gasteiger partial charge in [-0.3, -0.25) is 0 Å². The third kappa shape index (κ3) is 5.56. The van der Waals surface area contributed by atoms with Crippen LogP contribution in [0.2, 0.25) is 0 Å². The van der Waals surface area contributed by atoms with Crippen molar-refractivity contribution in [2.24, 2.45) is 11.8 Å². The molecule has 2 heterocycles. The number of likely N-dealkylation sites (tertiary alicyclic amines) is 2. The van der Waals surface area contributed by atoms with E-state index in [2.05, 4.69) is 37.5 Å². The summed E-state index contributed by atoms with van der Waals surface area (Å²) in [7, 11) is 0. The van der Waals surface area contributed by atoms with Crippen molar-refractivity contribution in [3.05, 3.63) is 0 Å². The van der Waals surface area contributed by atoms with Gasteiger partial charge in [0.2, 0.25) is 0 Å². The highest BCUT2D eigenvalue weighted by molar-refractivity contribution is 4.77. The predicted molar refractivity (Wildman–Crippen MR) is 92.7 cm³/mol. The number of nitrogens with zero attached hydrogens (tertiary/aromatic N) is 2. The van der Waals surface area contributed by atoms with Gasteiger partial charge in [-0.05, 0) is 84.3 Å². The Morgan fingerprint density at radius 1 is 0.952 bits per heavy atom. The normalized spacial score (nSPS) is 28.1. The Hall–Kier alpha value is -0.0800. The molecule has 2 nitrogen and oxygen atoms in total. The first-order chi connectivity index (χ1) is 10.1. The second kappa shape index (κ2) is 8.53. The van der Waals surface area contributed by atoms with Crippen molar-refractivity contribution in [1.29, 1.82) is 0 Å². The highest BCUT2D eigenvalue weighted by atomic mass is 15.2. The summed E-state index contributed by atoms with van der Waals surface area (Å²) in [5, 5.41) is 0. The van der Waals surface area contributed by atoms with Crippen LogP contribution < -0.4 is 0 Å². The summed E-state index contributed by atoms with van der Waals surface area (Å²) in [6.07, 6.45) is 10.1. The van der Waals surface area contributed by atoms with Crippen molar-refractivity contribution < 1.29 is 0 Å². The minimum Gasteiger partial charge on any atom is -0.301 e. The molecule has 2 aliphatic heterocycles. The molecule has 2 atom stereocenters. The average Bonchev–Trinajstić information content (AvgIpc) is 2.47. The standard InChI is InChI=1S/C19H38N2/c1-16(2)20-13-10-19(11-14-20)9-5-8-18(4)21-12-6-7-17(3)15-21/h16-19H,5-15H2,1-4H3. The Bertz CT molecular complexity index is 281. The lowest BCUT2D eigenvalue weighted by molar-refractivity contribution is 0.123. The van der Waals surface area contributed by atoms with Crippen LogP contribution in [0.1, 0.15) is 72.6 Å². The first-order valence-corrected chi connectivity index (χ1v) is 9.54. The van der Waals surface area contributed by atoms with Gasteiger partial charge in [-0.2, -0.15) is 0 Å². The second-order valence-corrected chi connectivity index (χ2v) is 8.10. The average molecular weight is 295 g/mol. The second-order valence-electron chi connectivity index (χ2n) is 8.10. The molecule has 0 aromatic carbocycles. The summed E-state index contributed by atoms with van der Waals surface area (Å²) >= 11 is 0. The molecule has 0 aliphatic carbocycles. The van der Waals surface area contributed by atoms with E-state index in [0.29, 0.717) is 0 Å². The van der Waals surface area contributed by atoms with Gasteiger partial charge in [-0.15, -0.1) is 0 Å². The van der Waals surface area contributed by atoms with Crippen molar-refractivity contribution in [2.45, 2.75) is 84.7 Å². The van der Waals surface area contributed by atoms with Gasteiger partial charge in [0.05, 0.1) is 0 Å². The fourth-order valence-corrected chi connectivity index (χ4v) is 4.27. The van der Waals surface area contributed by atoms with Gasteiger partial charge in [0.1, 0.15) is 0 Å². The van der Waals surface area contributed by atoms with Crippen LogP contribution in [-0.4, -0.2) is 48.1 Å². The smallest absolute Gasteiger partial charge is 0.00670 e. The van der Waals surface area contributed by atoms with Crippen LogP contribution >= 0.6 is 0 Å². The van der Waals surface area contributed by atoms with Crippen molar-refractivity contribution in [1.82, 2.24) is 9.80 Å². The van der Waals surface area contributed by atoms with Gasteiger partial charge in [-0.25, -0.2) is 0 Å². The largest absolute Gasteiger partial charge is 0.301 e. The predicted octanol–water partition coefficient (Wildman–Crippen LogP) is 4.40. The lowest BCUT2D eigenvalue weighted by atomic mass is 9.90. The van der Waals surface area contributed by atoms with Gasteiger partial charge >= 0.3 is 0 Å². The van der Waals surface area contributed by atoms with Crippen molar-refractivity contribution in [3.8, 4) is 0 Å². The van der Waals surface area contributed by atoms with Gasteiger partial charge < -0.3 is 9.80 Å². The van der Waals surface area contributed by atoms with E-state index in [1.807, 2.05) is 0 Å². The van der Waals surface area contributed by atoms with E-state index in [1.54, 1.807) is 0 Å². The molecule has 0 bridgehead atoms. The van der Waals surface area contributed by atoms with E-state index in [4.69, 9.17) is 0 Å². The Kier molecular flexibility index (Phi) is 7.01. The molecule has 2 saturated heterocycles. The Balaban J connectivity index is 1.59. The Morgan fingerprint density at radius 3 is 2.29 bits per heavy atom. The number of rotatable bonds is 6. The van der Waals surface area contributed by atoms with Crippen LogP contribution in [0.4, 0.5) is 0 Å². The summed E-state index contributed by atoms with van der Waals surface area (Å²) in [6, 6.07) is 1.55. The van der Waals surface area contributed by atoms with Gasteiger partial charge in [0.15, 0.2) is 0 Å². The topological polar surface area (TPSA) is 6.48 Å². The fourth-order valence-electron chi connectivity index (χ4n) is 4.27. The third-order valence-corrected chi connectivity index (χ3v) is 5.93. The van der Waals surface area contributed by atoms with Crippen LogP contribution in [-0.2, 0) is 0 Å². The molecule has 2 unspecified atom stereocenters. The lowest BCUT2D eigenvalue weighted by Gasteiger charge is -2.36. The summed E-state index contributed by atoms with van der Waals surface area (Å²) in [5.41, 5.74) is 0. The van der Waals surface area contributed by atoms with Crippen LogP contribution in [0.5, 0.6) is 0 Å². The van der Waals surface area contributed by atoms with Crippen LogP contribution in [0.15, 0.2) is 0 Å². The zero-order valence-corrected chi connectivity index (χ0v) is 15.0. The highest BCUT2D eigenvalue weighted by Crippen LogP contribution is 2.25. The van der Waals surface area contributed by atoms with Crippen LogP contribution in [0, 0.1) is 11.8 Å². The molecule has 0 saturated carbocycles. The molecule has 2 aliphatic rings. The van der Waals surface area contributed by atoms with Crippen LogP contribution in [0.25, 0.3) is 0 Å². The maximum absolute atomic E-state index is 2.75. The number of piperidine rings is 2. The molecule has 0 amide bonds. The summed E-state index contributed by atoms with van der Waals surface area (Å²) in [4.78, 5) is 5.39. The van der Waals surface area contributed by atoms with Crippen molar-refractivity contribution in [2.75, 3.05) is 26.2 Å². The first kappa shape index (κ1) is 17.3. The Morgan fingerprint density at radius 2 is 1.67 bits per heavy atom. The van der Waals surface area contributed by atoms with Crippen molar-refractivity contribution >= 4 is 0 Å². The zero-order valence-electron chi connectivity index (χ0n) is 15.0. The maximum Gasteiger partial charge on any atom is 0.00670 e. The molecule has 124 valence electrons. The molecule has 2 heteroatoms. The number of hydrogen-bond acceptors (Lipinski definition) is 2. The first-order valence-electron chi connectivity index (χ1n) is 9.54. The summed E-state index contributed by atoms with van der Waals surface area (Å²) < 4.78 is 0. The molecule has 0 spiro atoms. The fraction of sp³-hybridized carbons (Fsp3) is 1.00. The SMILES string of the molecule is CC1CCCN(C(C)CCCC2CCN(C(C)C)CC2)C1. The van der Waals surface area contributed by atoms with E-state index in [9.17, 15) is 0 Å². The van der Waals surface area contributed by atoms with Gasteiger partial charge in [0.25, 0.3) is 0 Å². The summed E-state index contributed by atoms with van der Waals surface area (Å²) in [6.45, 7) is 14.9. The monoisotopic (exact) mass is 294 g/mol. The van der Waals surface area contributed by atoms with Crippen molar-refractivity contribution in [3.63, 3.8) is 0 Å². The van der Waals surface area contributed by atoms with Crippen LogP contribution in [0.3, 0.4) is 0 Å². The molecule has 0 aromatic heterocycles. The molecular weight excluding hydrogens is 256 g/mol. The molecule has 2 rings (SSSR count).